The summed E-state index contributed by atoms with van der Waals surface area (Å²) in [4.78, 5) is 9.10. The van der Waals surface area contributed by atoms with Gasteiger partial charge in [-0.25, -0.2) is 9.97 Å². The molecule has 0 fully saturated rings. The largest absolute Gasteiger partial charge is 0.299 e. The average Bonchev–Trinajstić information content (AvgIpc) is 3.58. The number of aromatic nitrogens is 4. The van der Waals surface area contributed by atoms with E-state index >= 15 is 0 Å². The van der Waals surface area contributed by atoms with Gasteiger partial charge < -0.3 is 0 Å². The maximum absolute atomic E-state index is 4.57. The maximum Gasteiger partial charge on any atom is 0.100 e. The SMILES string of the molecule is c1cc(-c2ccccc2-c2ccc(-n3cnc4ccccc43)cc2)cc(-n2cnc3ccccc32)c1. The number of fused-ring (bicyclic) bond motifs is 2. The predicted molar refractivity (Wildman–Crippen MR) is 147 cm³/mol. The first-order chi connectivity index (χ1) is 17.8. The summed E-state index contributed by atoms with van der Waals surface area (Å²) < 4.78 is 4.27. The Hall–Kier alpha value is -4.96. The van der Waals surface area contributed by atoms with Crippen LogP contribution in [0.1, 0.15) is 0 Å². The molecule has 4 heteroatoms. The van der Waals surface area contributed by atoms with E-state index in [9.17, 15) is 0 Å². The van der Waals surface area contributed by atoms with Gasteiger partial charge in [-0.2, -0.15) is 0 Å². The number of para-hydroxylation sites is 4. The van der Waals surface area contributed by atoms with Gasteiger partial charge in [0.1, 0.15) is 12.7 Å². The van der Waals surface area contributed by atoms with Gasteiger partial charge in [0.15, 0.2) is 0 Å². The molecular weight excluding hydrogens is 440 g/mol. The summed E-state index contributed by atoms with van der Waals surface area (Å²) in [5, 5.41) is 0. The summed E-state index contributed by atoms with van der Waals surface area (Å²) in [5.74, 6) is 0. The van der Waals surface area contributed by atoms with Crippen LogP contribution in [-0.4, -0.2) is 19.1 Å². The summed E-state index contributed by atoms with van der Waals surface area (Å²) in [6, 6.07) is 42.4. The van der Waals surface area contributed by atoms with Crippen LogP contribution in [-0.2, 0) is 0 Å². The predicted octanol–water partition coefficient (Wildman–Crippen LogP) is 7.70. The summed E-state index contributed by atoms with van der Waals surface area (Å²) in [7, 11) is 0. The molecule has 0 aliphatic rings. The molecule has 4 nitrogen and oxygen atoms in total. The first-order valence-corrected chi connectivity index (χ1v) is 12.0. The summed E-state index contributed by atoms with van der Waals surface area (Å²) in [6.45, 7) is 0. The fraction of sp³-hybridized carbons (Fsp3) is 0. The van der Waals surface area contributed by atoms with Gasteiger partial charge in [0, 0.05) is 11.4 Å². The molecule has 0 saturated carbocycles. The van der Waals surface area contributed by atoms with Crippen molar-refractivity contribution in [2.24, 2.45) is 0 Å². The van der Waals surface area contributed by atoms with E-state index in [1.165, 1.54) is 22.3 Å². The van der Waals surface area contributed by atoms with Crippen molar-refractivity contribution in [1.82, 2.24) is 19.1 Å². The maximum atomic E-state index is 4.57. The molecule has 0 aliphatic heterocycles. The summed E-state index contributed by atoms with van der Waals surface area (Å²) >= 11 is 0. The zero-order chi connectivity index (χ0) is 23.9. The van der Waals surface area contributed by atoms with Gasteiger partial charge in [-0.05, 0) is 70.8 Å². The highest BCUT2D eigenvalue weighted by atomic mass is 15.1. The lowest BCUT2D eigenvalue weighted by Gasteiger charge is -2.13. The van der Waals surface area contributed by atoms with Crippen molar-refractivity contribution in [3.8, 4) is 33.6 Å². The molecule has 0 spiro atoms. The zero-order valence-electron chi connectivity index (χ0n) is 19.5. The Labute approximate surface area is 208 Å². The molecule has 0 unspecified atom stereocenters. The van der Waals surface area contributed by atoms with Gasteiger partial charge >= 0.3 is 0 Å². The molecule has 7 rings (SSSR count). The van der Waals surface area contributed by atoms with Gasteiger partial charge in [0.25, 0.3) is 0 Å². The van der Waals surface area contributed by atoms with Crippen LogP contribution in [0.3, 0.4) is 0 Å². The highest BCUT2D eigenvalue weighted by Gasteiger charge is 2.11. The van der Waals surface area contributed by atoms with E-state index < -0.39 is 0 Å². The normalized spacial score (nSPS) is 11.3. The van der Waals surface area contributed by atoms with Crippen LogP contribution in [0.5, 0.6) is 0 Å². The van der Waals surface area contributed by atoms with E-state index in [0.717, 1.165) is 33.4 Å². The van der Waals surface area contributed by atoms with E-state index in [-0.39, 0.29) is 0 Å². The number of benzene rings is 5. The molecule has 0 aliphatic carbocycles. The summed E-state index contributed by atoms with van der Waals surface area (Å²) in [6.07, 6.45) is 3.78. The Morgan fingerprint density at radius 3 is 1.64 bits per heavy atom. The van der Waals surface area contributed by atoms with Crippen molar-refractivity contribution in [1.29, 1.82) is 0 Å². The van der Waals surface area contributed by atoms with Crippen molar-refractivity contribution in [3.05, 3.63) is 134 Å². The Kier molecular flexibility index (Phi) is 4.74. The second-order valence-corrected chi connectivity index (χ2v) is 8.85. The fourth-order valence-corrected chi connectivity index (χ4v) is 4.94. The van der Waals surface area contributed by atoms with E-state index in [4.69, 9.17) is 0 Å². The molecule has 5 aromatic carbocycles. The number of hydrogen-bond acceptors (Lipinski definition) is 2. The van der Waals surface area contributed by atoms with Gasteiger partial charge in [-0.3, -0.25) is 9.13 Å². The van der Waals surface area contributed by atoms with E-state index in [2.05, 4.69) is 110 Å². The molecule has 0 saturated heterocycles. The van der Waals surface area contributed by atoms with Crippen LogP contribution < -0.4 is 0 Å². The van der Waals surface area contributed by atoms with Crippen LogP contribution in [0, 0.1) is 0 Å². The van der Waals surface area contributed by atoms with Crippen LogP contribution >= 0.6 is 0 Å². The third-order valence-electron chi connectivity index (χ3n) is 6.73. The first kappa shape index (κ1) is 20.4. The Bertz CT molecular complexity index is 1840. The molecule has 0 N–H and O–H groups in total. The molecule has 36 heavy (non-hydrogen) atoms. The zero-order valence-corrected chi connectivity index (χ0v) is 19.5. The van der Waals surface area contributed by atoms with Crippen LogP contribution in [0.25, 0.3) is 55.7 Å². The van der Waals surface area contributed by atoms with Crippen molar-refractivity contribution in [2.45, 2.75) is 0 Å². The van der Waals surface area contributed by atoms with Gasteiger partial charge in [-0.15, -0.1) is 0 Å². The fourth-order valence-electron chi connectivity index (χ4n) is 4.94. The molecule has 7 aromatic rings. The number of hydrogen-bond donors (Lipinski definition) is 0. The van der Waals surface area contributed by atoms with Crippen molar-refractivity contribution >= 4 is 22.1 Å². The number of rotatable bonds is 4. The highest BCUT2D eigenvalue weighted by molar-refractivity contribution is 5.85. The lowest BCUT2D eigenvalue weighted by molar-refractivity contribution is 1.09. The molecule has 0 atom stereocenters. The second kappa shape index (κ2) is 8.36. The van der Waals surface area contributed by atoms with Crippen LogP contribution in [0.2, 0.25) is 0 Å². The third kappa shape index (κ3) is 3.39. The lowest BCUT2D eigenvalue weighted by Crippen LogP contribution is -1.94. The van der Waals surface area contributed by atoms with Crippen molar-refractivity contribution in [2.75, 3.05) is 0 Å². The van der Waals surface area contributed by atoms with Crippen LogP contribution in [0.4, 0.5) is 0 Å². The van der Waals surface area contributed by atoms with Crippen molar-refractivity contribution < 1.29 is 0 Å². The Balaban J connectivity index is 1.28. The number of imidazole rings is 2. The average molecular weight is 463 g/mol. The minimum absolute atomic E-state index is 0.995. The van der Waals surface area contributed by atoms with E-state index in [1.54, 1.807) is 0 Å². The van der Waals surface area contributed by atoms with E-state index in [1.807, 2.05) is 43.0 Å². The standard InChI is InChI=1S/C32H22N4/c1-2-11-28(24-8-7-9-26(20-24)36-22-34-30-13-4-6-15-32(30)36)27(10-1)23-16-18-25(19-17-23)35-21-33-29-12-3-5-14-31(29)35/h1-22H. The second-order valence-electron chi connectivity index (χ2n) is 8.85. The summed E-state index contributed by atoms with van der Waals surface area (Å²) in [5.41, 5.74) is 11.1. The minimum atomic E-state index is 0.995. The Morgan fingerprint density at radius 2 is 0.972 bits per heavy atom. The van der Waals surface area contributed by atoms with Crippen LogP contribution in [0.15, 0.2) is 134 Å². The van der Waals surface area contributed by atoms with Gasteiger partial charge in [0.05, 0.1) is 22.1 Å². The lowest BCUT2D eigenvalue weighted by atomic mass is 9.94. The third-order valence-corrected chi connectivity index (χ3v) is 6.73. The highest BCUT2D eigenvalue weighted by Crippen LogP contribution is 2.34. The molecule has 0 bridgehead atoms. The molecule has 0 radical (unpaired) electrons. The quantitative estimate of drug-likeness (QED) is 0.269. The monoisotopic (exact) mass is 462 g/mol. The topological polar surface area (TPSA) is 35.6 Å². The molecule has 2 aromatic heterocycles. The Morgan fingerprint density at radius 1 is 0.417 bits per heavy atom. The molecule has 170 valence electrons. The van der Waals surface area contributed by atoms with Crippen molar-refractivity contribution in [3.63, 3.8) is 0 Å². The molecular formula is C32H22N4. The first-order valence-electron chi connectivity index (χ1n) is 12.0. The van der Waals surface area contributed by atoms with Gasteiger partial charge in [-0.1, -0.05) is 72.8 Å². The number of nitrogens with zero attached hydrogens (tertiary/aromatic N) is 4. The smallest absolute Gasteiger partial charge is 0.100 e. The molecule has 2 heterocycles. The molecule has 0 amide bonds. The minimum Gasteiger partial charge on any atom is -0.299 e. The van der Waals surface area contributed by atoms with Gasteiger partial charge in [0.2, 0.25) is 0 Å². The van der Waals surface area contributed by atoms with E-state index in [0.29, 0.717) is 0 Å².